The summed E-state index contributed by atoms with van der Waals surface area (Å²) in [6, 6.07) is 11.4. The molecule has 8 N–H and O–H groups in total. The van der Waals surface area contributed by atoms with Crippen molar-refractivity contribution in [2.75, 3.05) is 13.1 Å². The summed E-state index contributed by atoms with van der Waals surface area (Å²) in [5.41, 5.74) is 20.8. The zero-order valence-electron chi connectivity index (χ0n) is 22.8. The third-order valence-electron chi connectivity index (χ3n) is 6.81. The topological polar surface area (TPSA) is 153 Å². The Morgan fingerprint density at radius 3 is 2.67 bits per heavy atom. The molecule has 0 unspecified atom stereocenters. The van der Waals surface area contributed by atoms with Crippen molar-refractivity contribution in [2.24, 2.45) is 22.2 Å². The molecule has 9 nitrogen and oxygen atoms in total. The Kier molecular flexibility index (Phi) is 9.57. The maximum atomic E-state index is 15.3. The maximum Gasteiger partial charge on any atom is 0.354 e. The summed E-state index contributed by atoms with van der Waals surface area (Å²) < 4.78 is 16.7. The van der Waals surface area contributed by atoms with E-state index in [0.29, 0.717) is 41.1 Å². The molecule has 0 bridgehead atoms. The minimum Gasteiger partial charge on any atom is -0.370 e. The molecule has 4 aromatic rings. The predicted molar refractivity (Wildman–Crippen MR) is 160 cm³/mol. The van der Waals surface area contributed by atoms with Gasteiger partial charge in [-0.3, -0.25) is 9.56 Å². The lowest BCUT2D eigenvalue weighted by molar-refractivity contribution is 0.617. The summed E-state index contributed by atoms with van der Waals surface area (Å²) in [4.78, 5) is 24.1. The number of aromatic amines is 1. The van der Waals surface area contributed by atoms with E-state index in [0.717, 1.165) is 48.9 Å². The quantitative estimate of drug-likeness (QED) is 0.0995. The Labute approximate surface area is 237 Å². The average Bonchev–Trinajstić information content (AvgIpc) is 3.32. The molecule has 0 aliphatic heterocycles. The third kappa shape index (κ3) is 7.07. The van der Waals surface area contributed by atoms with E-state index in [9.17, 15) is 4.79 Å². The van der Waals surface area contributed by atoms with Crippen molar-refractivity contribution in [1.29, 1.82) is 0 Å². The van der Waals surface area contributed by atoms with Crippen LogP contribution in [-0.2, 0) is 13.0 Å². The van der Waals surface area contributed by atoms with E-state index in [-0.39, 0.29) is 17.0 Å². The molecule has 0 amide bonds. The minimum atomic E-state index is -0.502. The molecule has 4 rings (SSSR count). The largest absolute Gasteiger partial charge is 0.370 e. The van der Waals surface area contributed by atoms with Gasteiger partial charge in [-0.25, -0.2) is 9.18 Å². The van der Waals surface area contributed by atoms with Crippen molar-refractivity contribution in [2.45, 2.75) is 52.1 Å². The molecule has 2 heterocycles. The molecule has 0 spiro atoms. The summed E-state index contributed by atoms with van der Waals surface area (Å²) in [6.45, 7) is 5.82. The number of aromatic nitrogens is 3. The van der Waals surface area contributed by atoms with Gasteiger partial charge in [-0.15, -0.1) is 0 Å². The van der Waals surface area contributed by atoms with Gasteiger partial charge in [0, 0.05) is 36.3 Å². The molecule has 0 saturated heterocycles. The summed E-state index contributed by atoms with van der Waals surface area (Å²) in [7, 11) is 0. The van der Waals surface area contributed by atoms with Crippen molar-refractivity contribution in [3.8, 4) is 16.9 Å². The highest BCUT2D eigenvalue weighted by Gasteiger charge is 2.18. The van der Waals surface area contributed by atoms with Gasteiger partial charge < -0.3 is 27.5 Å². The second kappa shape index (κ2) is 13.1. The summed E-state index contributed by atoms with van der Waals surface area (Å²) in [6.07, 6.45) is 5.02. The Bertz CT molecular complexity index is 1560. The molecule has 212 valence electrons. The van der Waals surface area contributed by atoms with Crippen LogP contribution < -0.4 is 28.2 Å². The number of benzene rings is 2. The number of guanidine groups is 1. The minimum absolute atomic E-state index is 0.0963. The second-order valence-corrected chi connectivity index (χ2v) is 10.5. The van der Waals surface area contributed by atoms with E-state index in [2.05, 4.69) is 20.3 Å². The van der Waals surface area contributed by atoms with Gasteiger partial charge in [-0.05, 0) is 87.0 Å². The van der Waals surface area contributed by atoms with Crippen LogP contribution in [0.15, 0.2) is 52.4 Å². The number of rotatable bonds is 12. The fourth-order valence-corrected chi connectivity index (χ4v) is 4.81. The second-order valence-electron chi connectivity index (χ2n) is 10.1. The van der Waals surface area contributed by atoms with E-state index >= 15 is 4.39 Å². The molecular weight excluding hydrogens is 531 g/mol. The molecule has 1 atom stereocenters. The number of nitrogens with two attached hydrogens (primary N) is 3. The molecule has 11 heteroatoms. The Balaban J connectivity index is 1.54. The number of aryl methyl sites for hydroxylation is 1. The fraction of sp³-hybridized carbons (Fsp3) is 0.345. The van der Waals surface area contributed by atoms with E-state index < -0.39 is 11.5 Å². The van der Waals surface area contributed by atoms with E-state index in [1.54, 1.807) is 12.3 Å². The van der Waals surface area contributed by atoms with E-state index in [1.807, 2.05) is 44.2 Å². The number of H-pyrrole nitrogens is 1. The van der Waals surface area contributed by atoms with Gasteiger partial charge in [0.1, 0.15) is 5.65 Å². The van der Waals surface area contributed by atoms with Crippen molar-refractivity contribution in [1.82, 2.24) is 19.9 Å². The maximum absolute atomic E-state index is 15.3. The zero-order chi connectivity index (χ0) is 28.8. The Morgan fingerprint density at radius 2 is 1.98 bits per heavy atom. The summed E-state index contributed by atoms with van der Waals surface area (Å²) in [5, 5.41) is 4.12. The van der Waals surface area contributed by atoms with Crippen molar-refractivity contribution >= 4 is 28.6 Å². The molecule has 40 heavy (non-hydrogen) atoms. The highest BCUT2D eigenvalue weighted by molar-refractivity contribution is 6.32. The SMILES string of the molecule is Cc1c(CCC[C@H](C)N)cc(-c2cc3cn(-c4ccc(CNCCCN=C(N)N)cc4)c(=O)nc3[nH]2)c(F)c1Cl. The van der Waals surface area contributed by atoms with Crippen LogP contribution in [0.2, 0.25) is 5.02 Å². The molecule has 2 aromatic heterocycles. The number of fused-ring (bicyclic) bond motifs is 1. The van der Waals surface area contributed by atoms with Crippen LogP contribution in [0.3, 0.4) is 0 Å². The van der Waals surface area contributed by atoms with Crippen LogP contribution in [0.4, 0.5) is 4.39 Å². The highest BCUT2D eigenvalue weighted by Crippen LogP contribution is 2.34. The Hall–Kier alpha value is -3.73. The van der Waals surface area contributed by atoms with Crippen LogP contribution in [0.25, 0.3) is 28.0 Å². The van der Waals surface area contributed by atoms with Crippen LogP contribution in [-0.4, -0.2) is 39.6 Å². The van der Waals surface area contributed by atoms with Gasteiger partial charge >= 0.3 is 5.69 Å². The van der Waals surface area contributed by atoms with Crippen LogP contribution >= 0.6 is 11.6 Å². The first-order valence-corrected chi connectivity index (χ1v) is 13.7. The van der Waals surface area contributed by atoms with Crippen LogP contribution in [0, 0.1) is 12.7 Å². The monoisotopic (exact) mass is 566 g/mol. The lowest BCUT2D eigenvalue weighted by atomic mass is 9.97. The van der Waals surface area contributed by atoms with Crippen LogP contribution in [0.5, 0.6) is 0 Å². The van der Waals surface area contributed by atoms with E-state index in [1.165, 1.54) is 4.57 Å². The first-order valence-electron chi connectivity index (χ1n) is 13.3. The first-order chi connectivity index (χ1) is 19.1. The molecular formula is C29H36ClFN8O. The van der Waals surface area contributed by atoms with Crippen molar-refractivity contribution in [3.05, 3.63) is 80.6 Å². The van der Waals surface area contributed by atoms with Crippen molar-refractivity contribution < 1.29 is 4.39 Å². The predicted octanol–water partition coefficient (Wildman–Crippen LogP) is 3.90. The van der Waals surface area contributed by atoms with Gasteiger partial charge in [0.05, 0.1) is 16.4 Å². The summed E-state index contributed by atoms with van der Waals surface area (Å²) >= 11 is 6.38. The molecule has 0 aliphatic carbocycles. The molecule has 0 aliphatic rings. The first kappa shape index (κ1) is 29.3. The smallest absolute Gasteiger partial charge is 0.354 e. The number of aliphatic imine (C=N–C) groups is 1. The fourth-order valence-electron chi connectivity index (χ4n) is 4.58. The third-order valence-corrected chi connectivity index (χ3v) is 7.26. The number of hydrogen-bond donors (Lipinski definition) is 5. The molecule has 0 saturated carbocycles. The highest BCUT2D eigenvalue weighted by atomic mass is 35.5. The number of nitrogens with zero attached hydrogens (tertiary/aromatic N) is 3. The lowest BCUT2D eigenvalue weighted by Gasteiger charge is -2.13. The normalized spacial score (nSPS) is 12.1. The Morgan fingerprint density at radius 1 is 1.23 bits per heavy atom. The lowest BCUT2D eigenvalue weighted by Crippen LogP contribution is -2.23. The zero-order valence-corrected chi connectivity index (χ0v) is 23.6. The van der Waals surface area contributed by atoms with Gasteiger partial charge in [-0.1, -0.05) is 23.7 Å². The number of hydrogen-bond acceptors (Lipinski definition) is 5. The summed E-state index contributed by atoms with van der Waals surface area (Å²) in [5.74, 6) is -0.406. The van der Waals surface area contributed by atoms with Gasteiger partial charge in [0.2, 0.25) is 0 Å². The average molecular weight is 567 g/mol. The van der Waals surface area contributed by atoms with E-state index in [4.69, 9.17) is 28.8 Å². The standard InChI is InChI=1S/C29H36ClFN8O/c1-17(32)5-3-6-20-13-23(26(31)25(30)18(20)2)24-14-21-16-39(29(40)38-27(21)37-24)22-9-7-19(8-10-22)15-35-11-4-12-36-28(33)34/h7-10,13-14,16-17,35H,3-6,11-12,15,32H2,1-2H3,(H4,33,34,36)(H,37,38,40)/t17-/m0/s1. The van der Waals surface area contributed by atoms with Gasteiger partial charge in [0.25, 0.3) is 0 Å². The number of halogens is 2. The molecule has 0 fully saturated rings. The molecule has 2 aromatic carbocycles. The van der Waals surface area contributed by atoms with Gasteiger partial charge in [0.15, 0.2) is 11.8 Å². The number of nitrogens with one attached hydrogen (secondary N) is 2. The van der Waals surface area contributed by atoms with Crippen LogP contribution in [0.1, 0.15) is 42.9 Å². The van der Waals surface area contributed by atoms with Gasteiger partial charge in [-0.2, -0.15) is 4.98 Å². The molecule has 0 radical (unpaired) electrons. The van der Waals surface area contributed by atoms with Crippen molar-refractivity contribution in [3.63, 3.8) is 0 Å².